The fraction of sp³-hybridized carbons (Fsp3) is 0.200. The molecule has 6 heteroatoms. The molecule has 1 aromatic rings. The highest BCUT2D eigenvalue weighted by Gasteiger charge is 2.37. The van der Waals surface area contributed by atoms with Crippen molar-refractivity contribution in [2.75, 3.05) is 0 Å². The second-order valence-electron chi connectivity index (χ2n) is 4.17. The fourth-order valence-electron chi connectivity index (χ4n) is 1.70. The molecule has 21 heavy (non-hydrogen) atoms. The average molecular weight is 306 g/mol. The maximum absolute atomic E-state index is 12.9. The Balaban J connectivity index is 3.64. The van der Waals surface area contributed by atoms with Gasteiger partial charge in [-0.05, 0) is 24.1 Å². The summed E-state index contributed by atoms with van der Waals surface area (Å²) in [6.45, 7) is 4.05. The minimum atomic E-state index is -4.74. The molecule has 0 spiro atoms. The predicted octanol–water partition coefficient (Wildman–Crippen LogP) is 5.78. The van der Waals surface area contributed by atoms with Crippen molar-refractivity contribution in [3.05, 3.63) is 65.8 Å². The molecular weight excluding hydrogens is 294 g/mol. The van der Waals surface area contributed by atoms with Crippen molar-refractivity contribution in [2.45, 2.75) is 19.3 Å². The van der Waals surface area contributed by atoms with Crippen molar-refractivity contribution in [3.8, 4) is 0 Å². The van der Waals surface area contributed by atoms with Gasteiger partial charge in [-0.1, -0.05) is 43.0 Å². The number of benzene rings is 1. The van der Waals surface area contributed by atoms with Crippen LogP contribution in [0.5, 0.6) is 0 Å². The maximum Gasteiger partial charge on any atom is 0.417 e. The predicted molar refractivity (Wildman–Crippen MR) is 69.4 cm³/mol. The van der Waals surface area contributed by atoms with E-state index in [1.807, 2.05) is 0 Å². The summed E-state index contributed by atoms with van der Waals surface area (Å²) in [6.07, 6.45) is -6.13. The highest BCUT2D eigenvalue weighted by molar-refractivity contribution is 5.79. The van der Waals surface area contributed by atoms with Crippen LogP contribution in [0.2, 0.25) is 0 Å². The van der Waals surface area contributed by atoms with Crippen molar-refractivity contribution >= 4 is 5.57 Å². The topological polar surface area (TPSA) is 0 Å². The van der Waals surface area contributed by atoms with Gasteiger partial charge in [0.2, 0.25) is 0 Å². The lowest BCUT2D eigenvalue weighted by molar-refractivity contribution is -0.137. The van der Waals surface area contributed by atoms with Crippen molar-refractivity contribution < 1.29 is 26.3 Å². The van der Waals surface area contributed by atoms with Crippen LogP contribution in [0.1, 0.15) is 18.1 Å². The molecule has 0 fully saturated rings. The molecule has 0 unspecified atom stereocenters. The number of hydrogen-bond donors (Lipinski definition) is 0. The molecule has 0 aromatic heterocycles. The molecule has 0 aliphatic rings. The third-order valence-electron chi connectivity index (χ3n) is 2.75. The molecule has 0 bridgehead atoms. The molecule has 0 nitrogen and oxygen atoms in total. The Morgan fingerprint density at radius 2 is 1.62 bits per heavy atom. The third kappa shape index (κ3) is 4.24. The quantitative estimate of drug-likeness (QED) is 0.490. The second kappa shape index (κ2) is 6.20. The van der Waals surface area contributed by atoms with E-state index in [-0.39, 0.29) is 0 Å². The van der Waals surface area contributed by atoms with E-state index >= 15 is 0 Å². The maximum atomic E-state index is 12.9. The molecule has 0 N–H and O–H groups in total. The van der Waals surface area contributed by atoms with Gasteiger partial charge < -0.3 is 0 Å². The first-order valence-electron chi connectivity index (χ1n) is 5.82. The molecule has 114 valence electrons. The number of hydrogen-bond acceptors (Lipinski definition) is 0. The molecular formula is C15H12F6. The number of halogens is 6. The standard InChI is InChI=1S/C15H12F6/c1-3-4-7-11(10(2)14(16,17)18)12-8-5-6-9-13(12)15(19,20)21/h3-9H,1H2,2H3/b7-4-,11-10-. The van der Waals surface area contributed by atoms with E-state index in [4.69, 9.17) is 0 Å². The zero-order valence-corrected chi connectivity index (χ0v) is 11.0. The van der Waals surface area contributed by atoms with Gasteiger partial charge in [-0.15, -0.1) is 0 Å². The monoisotopic (exact) mass is 306 g/mol. The van der Waals surface area contributed by atoms with Gasteiger partial charge in [0.15, 0.2) is 0 Å². The van der Waals surface area contributed by atoms with Gasteiger partial charge in [0, 0.05) is 5.57 Å². The summed E-state index contributed by atoms with van der Waals surface area (Å²) in [5.74, 6) is 0. The summed E-state index contributed by atoms with van der Waals surface area (Å²) in [5.41, 5.74) is -3.26. The summed E-state index contributed by atoms with van der Waals surface area (Å²) in [6, 6.07) is 4.15. The zero-order chi connectivity index (χ0) is 16.3. The van der Waals surface area contributed by atoms with Gasteiger partial charge in [0.1, 0.15) is 0 Å². The van der Waals surface area contributed by atoms with Crippen LogP contribution in [0.15, 0.2) is 54.6 Å². The Morgan fingerprint density at radius 3 is 2.10 bits per heavy atom. The molecule has 0 radical (unpaired) electrons. The SMILES string of the molecule is C=C/C=C\C(=C(/C)C(F)(F)F)c1ccccc1C(F)(F)F. The Labute approximate surface area is 118 Å². The lowest BCUT2D eigenvalue weighted by atomic mass is 9.94. The summed E-state index contributed by atoms with van der Waals surface area (Å²) in [5, 5.41) is 0. The number of rotatable bonds is 3. The Kier molecular flexibility index (Phi) is 5.04. The summed E-state index contributed by atoms with van der Waals surface area (Å²) < 4.78 is 77.4. The molecule has 0 amide bonds. The molecule has 0 atom stereocenters. The molecule has 1 aromatic carbocycles. The minimum absolute atomic E-state index is 0.516. The molecule has 0 heterocycles. The van der Waals surface area contributed by atoms with E-state index in [1.54, 1.807) is 0 Å². The van der Waals surface area contributed by atoms with Crippen LogP contribution in [0.3, 0.4) is 0 Å². The molecule has 0 aliphatic carbocycles. The van der Waals surface area contributed by atoms with Gasteiger partial charge in [-0.25, -0.2) is 0 Å². The van der Waals surface area contributed by atoms with Gasteiger partial charge in [0.25, 0.3) is 0 Å². The van der Waals surface area contributed by atoms with E-state index in [9.17, 15) is 26.3 Å². The third-order valence-corrected chi connectivity index (χ3v) is 2.75. The Bertz CT molecular complexity index is 573. The first-order valence-corrected chi connectivity index (χ1v) is 5.82. The highest BCUT2D eigenvalue weighted by Crippen LogP contribution is 2.39. The van der Waals surface area contributed by atoms with Crippen LogP contribution in [-0.4, -0.2) is 6.18 Å². The minimum Gasteiger partial charge on any atom is -0.166 e. The second-order valence-corrected chi connectivity index (χ2v) is 4.17. The fourth-order valence-corrected chi connectivity index (χ4v) is 1.70. The van der Waals surface area contributed by atoms with Crippen molar-refractivity contribution in [1.82, 2.24) is 0 Å². The largest absolute Gasteiger partial charge is 0.417 e. The number of alkyl halides is 6. The zero-order valence-electron chi connectivity index (χ0n) is 11.0. The first-order chi connectivity index (χ1) is 9.59. The van der Waals surface area contributed by atoms with Gasteiger partial charge >= 0.3 is 12.4 Å². The Morgan fingerprint density at radius 1 is 1.05 bits per heavy atom. The van der Waals surface area contributed by atoms with E-state index in [1.165, 1.54) is 12.1 Å². The van der Waals surface area contributed by atoms with Crippen molar-refractivity contribution in [1.29, 1.82) is 0 Å². The summed E-state index contributed by atoms with van der Waals surface area (Å²) in [7, 11) is 0. The van der Waals surface area contributed by atoms with Crippen LogP contribution < -0.4 is 0 Å². The van der Waals surface area contributed by atoms with Crippen molar-refractivity contribution in [3.63, 3.8) is 0 Å². The van der Waals surface area contributed by atoms with Gasteiger partial charge in [0.05, 0.1) is 5.56 Å². The van der Waals surface area contributed by atoms with Gasteiger partial charge in [-0.2, -0.15) is 26.3 Å². The van der Waals surface area contributed by atoms with E-state index < -0.39 is 34.6 Å². The van der Waals surface area contributed by atoms with Crippen LogP contribution in [0.25, 0.3) is 5.57 Å². The lowest BCUT2D eigenvalue weighted by Crippen LogP contribution is -2.14. The molecule has 1 rings (SSSR count). The lowest BCUT2D eigenvalue weighted by Gasteiger charge is -2.17. The highest BCUT2D eigenvalue weighted by atomic mass is 19.4. The normalized spacial score (nSPS) is 14.2. The van der Waals surface area contributed by atoms with E-state index in [2.05, 4.69) is 6.58 Å². The van der Waals surface area contributed by atoms with Crippen molar-refractivity contribution in [2.24, 2.45) is 0 Å². The first kappa shape index (κ1) is 17.1. The van der Waals surface area contributed by atoms with Gasteiger partial charge in [-0.3, -0.25) is 0 Å². The number of allylic oxidation sites excluding steroid dienone is 5. The van der Waals surface area contributed by atoms with Crippen LogP contribution in [-0.2, 0) is 6.18 Å². The summed E-state index contributed by atoms with van der Waals surface area (Å²) in [4.78, 5) is 0. The van der Waals surface area contributed by atoms with E-state index in [0.717, 1.165) is 37.3 Å². The van der Waals surface area contributed by atoms with E-state index in [0.29, 0.717) is 0 Å². The van der Waals surface area contributed by atoms with Crippen LogP contribution in [0.4, 0.5) is 26.3 Å². The smallest absolute Gasteiger partial charge is 0.166 e. The van der Waals surface area contributed by atoms with Crippen LogP contribution in [0, 0.1) is 0 Å². The summed E-state index contributed by atoms with van der Waals surface area (Å²) >= 11 is 0. The molecule has 0 saturated heterocycles. The average Bonchev–Trinajstić information content (AvgIpc) is 2.37. The Hall–Kier alpha value is -1.98. The van der Waals surface area contributed by atoms with Crippen LogP contribution >= 0.6 is 0 Å². The molecule has 0 saturated carbocycles. The molecule has 0 aliphatic heterocycles.